The quantitative estimate of drug-likeness (QED) is 0.632. The summed E-state index contributed by atoms with van der Waals surface area (Å²) in [5.74, 6) is 0.213. The van der Waals surface area contributed by atoms with Crippen molar-refractivity contribution in [3.63, 3.8) is 0 Å². The molecule has 0 saturated carbocycles. The third-order valence-electron chi connectivity index (χ3n) is 2.05. The van der Waals surface area contributed by atoms with Gasteiger partial charge in [-0.15, -0.1) is 0 Å². The Labute approximate surface area is 96.9 Å². The molecule has 0 aromatic heterocycles. The molecule has 90 valence electrons. The predicted molar refractivity (Wildman–Crippen MR) is 63.1 cm³/mol. The Kier molecular flexibility index (Phi) is 3.61. The van der Waals surface area contributed by atoms with Crippen molar-refractivity contribution < 1.29 is 14.9 Å². The minimum atomic E-state index is -0.682. The summed E-state index contributed by atoms with van der Waals surface area (Å²) < 4.78 is 0. The molecule has 0 bridgehead atoms. The van der Waals surface area contributed by atoms with Gasteiger partial charge in [0.25, 0.3) is 0 Å². The van der Waals surface area contributed by atoms with Crippen LogP contribution in [0.4, 0.5) is 0 Å². The zero-order valence-corrected chi connectivity index (χ0v) is 10.6. The van der Waals surface area contributed by atoms with Crippen LogP contribution < -0.4 is 0 Å². The number of phenolic OH excluding ortho intramolecular Hbond substituents is 1. The molecule has 1 aromatic rings. The Balaban J connectivity index is 2.82. The van der Waals surface area contributed by atoms with Crippen molar-refractivity contribution in [1.82, 2.24) is 0 Å². The molecule has 1 N–H and O–H groups in total. The molecule has 0 saturated heterocycles. The molecule has 0 atom stereocenters. The summed E-state index contributed by atoms with van der Waals surface area (Å²) in [4.78, 5) is 10.7. The summed E-state index contributed by atoms with van der Waals surface area (Å²) >= 11 is 0. The fourth-order valence-corrected chi connectivity index (χ4v) is 1.26. The van der Waals surface area contributed by atoms with Crippen LogP contribution in [0.3, 0.4) is 0 Å². The molecule has 1 rings (SSSR count). The van der Waals surface area contributed by atoms with E-state index in [1.165, 1.54) is 0 Å². The van der Waals surface area contributed by atoms with Gasteiger partial charge in [0.15, 0.2) is 0 Å². The molecule has 0 aliphatic carbocycles. The van der Waals surface area contributed by atoms with Crippen molar-refractivity contribution in [1.29, 1.82) is 0 Å². The molecule has 1 aromatic carbocycles. The molecule has 16 heavy (non-hydrogen) atoms. The highest BCUT2D eigenvalue weighted by molar-refractivity contribution is 5.35. The minimum Gasteiger partial charge on any atom is -0.508 e. The summed E-state index contributed by atoms with van der Waals surface area (Å²) in [5.41, 5.74) is -0.348. The van der Waals surface area contributed by atoms with Crippen molar-refractivity contribution in [3.8, 4) is 5.75 Å². The van der Waals surface area contributed by atoms with E-state index in [1.54, 1.807) is 12.1 Å². The maximum atomic E-state index is 9.74. The first kappa shape index (κ1) is 13.0. The number of aromatic hydroxyl groups is 1. The molecule has 0 radical (unpaired) electrons. The van der Waals surface area contributed by atoms with E-state index in [4.69, 9.17) is 9.78 Å². The molecular weight excluding hydrogens is 204 g/mol. The van der Waals surface area contributed by atoms with Gasteiger partial charge in [-0.3, -0.25) is 0 Å². The smallest absolute Gasteiger partial charge is 0.126 e. The second-order valence-corrected chi connectivity index (χ2v) is 5.31. The number of para-hydroxylation sites is 1. The zero-order valence-electron chi connectivity index (χ0n) is 10.6. The van der Waals surface area contributed by atoms with Gasteiger partial charge in [-0.05, 0) is 40.7 Å². The molecule has 3 heteroatoms. The molecule has 0 fully saturated rings. The van der Waals surface area contributed by atoms with Crippen LogP contribution in [0.25, 0.3) is 0 Å². The lowest BCUT2D eigenvalue weighted by molar-refractivity contribution is -0.401. The average Bonchev–Trinajstić information content (AvgIpc) is 2.14. The molecule has 3 nitrogen and oxygen atoms in total. The topological polar surface area (TPSA) is 38.7 Å². The minimum absolute atomic E-state index is 0.213. The van der Waals surface area contributed by atoms with E-state index >= 15 is 0 Å². The van der Waals surface area contributed by atoms with Gasteiger partial charge in [0.1, 0.15) is 11.4 Å². The zero-order chi connectivity index (χ0) is 12.4. The first-order valence-corrected chi connectivity index (χ1v) is 5.38. The van der Waals surface area contributed by atoms with E-state index in [0.29, 0.717) is 5.56 Å². The van der Waals surface area contributed by atoms with Crippen LogP contribution in [0.15, 0.2) is 24.3 Å². The standard InChI is InChI=1S/C13H20O3/c1-12(2,3)15-16-13(4,5)10-8-6-7-9-11(10)14/h6-9,14H,1-5H3. The van der Waals surface area contributed by atoms with Crippen molar-refractivity contribution in [3.05, 3.63) is 29.8 Å². The van der Waals surface area contributed by atoms with Gasteiger partial charge in [-0.1, -0.05) is 18.2 Å². The Morgan fingerprint density at radius 2 is 1.50 bits per heavy atom. The van der Waals surface area contributed by atoms with E-state index in [2.05, 4.69) is 0 Å². The highest BCUT2D eigenvalue weighted by atomic mass is 17.2. The molecule has 0 aliphatic rings. The lowest BCUT2D eigenvalue weighted by Gasteiger charge is -2.29. The Bertz CT molecular complexity index is 350. The fourth-order valence-electron chi connectivity index (χ4n) is 1.26. The highest BCUT2D eigenvalue weighted by Gasteiger charge is 2.28. The molecule has 0 unspecified atom stereocenters. The SMILES string of the molecule is CC(C)(C)OOC(C)(C)c1ccccc1O. The Hall–Kier alpha value is -1.06. The summed E-state index contributed by atoms with van der Waals surface area (Å²) in [6.07, 6.45) is 0. The first-order valence-electron chi connectivity index (χ1n) is 5.38. The summed E-state index contributed by atoms with van der Waals surface area (Å²) in [7, 11) is 0. The largest absolute Gasteiger partial charge is 0.508 e. The summed E-state index contributed by atoms with van der Waals surface area (Å²) in [5, 5.41) is 9.74. The predicted octanol–water partition coefficient (Wildman–Crippen LogP) is 3.37. The van der Waals surface area contributed by atoms with Crippen molar-refractivity contribution in [2.75, 3.05) is 0 Å². The molecular formula is C13H20O3. The van der Waals surface area contributed by atoms with Crippen molar-refractivity contribution in [2.45, 2.75) is 45.8 Å². The Morgan fingerprint density at radius 3 is 2.00 bits per heavy atom. The second kappa shape index (κ2) is 4.44. The lowest BCUT2D eigenvalue weighted by atomic mass is 9.97. The van der Waals surface area contributed by atoms with Crippen LogP contribution >= 0.6 is 0 Å². The summed E-state index contributed by atoms with van der Waals surface area (Å²) in [6, 6.07) is 7.09. The van der Waals surface area contributed by atoms with Gasteiger partial charge >= 0.3 is 0 Å². The van der Waals surface area contributed by atoms with Gasteiger partial charge in [-0.2, -0.15) is 0 Å². The van der Waals surface area contributed by atoms with Gasteiger partial charge in [-0.25, -0.2) is 9.78 Å². The van der Waals surface area contributed by atoms with E-state index in [9.17, 15) is 5.11 Å². The fraction of sp³-hybridized carbons (Fsp3) is 0.538. The number of rotatable bonds is 3. The van der Waals surface area contributed by atoms with E-state index < -0.39 is 5.60 Å². The second-order valence-electron chi connectivity index (χ2n) is 5.31. The average molecular weight is 224 g/mol. The van der Waals surface area contributed by atoms with Crippen molar-refractivity contribution >= 4 is 0 Å². The molecule has 0 aliphatic heterocycles. The maximum Gasteiger partial charge on any atom is 0.126 e. The summed E-state index contributed by atoms with van der Waals surface area (Å²) in [6.45, 7) is 9.44. The van der Waals surface area contributed by atoms with Gasteiger partial charge in [0, 0.05) is 5.56 Å². The van der Waals surface area contributed by atoms with Gasteiger partial charge < -0.3 is 5.11 Å². The lowest BCUT2D eigenvalue weighted by Crippen LogP contribution is -2.28. The third kappa shape index (κ3) is 3.51. The van der Waals surface area contributed by atoms with Gasteiger partial charge in [0.2, 0.25) is 0 Å². The number of benzene rings is 1. The third-order valence-corrected chi connectivity index (χ3v) is 2.05. The first-order chi connectivity index (χ1) is 7.22. The van der Waals surface area contributed by atoms with E-state index in [-0.39, 0.29) is 11.4 Å². The van der Waals surface area contributed by atoms with Gasteiger partial charge in [0.05, 0.1) is 5.60 Å². The van der Waals surface area contributed by atoms with Crippen LogP contribution in [0.1, 0.15) is 40.2 Å². The van der Waals surface area contributed by atoms with Crippen LogP contribution in [0.5, 0.6) is 5.75 Å². The molecule has 0 spiro atoms. The van der Waals surface area contributed by atoms with E-state index in [1.807, 2.05) is 46.8 Å². The monoisotopic (exact) mass is 224 g/mol. The van der Waals surface area contributed by atoms with Crippen LogP contribution in [0, 0.1) is 0 Å². The van der Waals surface area contributed by atoms with Crippen LogP contribution in [0.2, 0.25) is 0 Å². The molecule has 0 heterocycles. The van der Waals surface area contributed by atoms with Crippen molar-refractivity contribution in [2.24, 2.45) is 0 Å². The number of phenols is 1. The molecule has 0 amide bonds. The van der Waals surface area contributed by atoms with Crippen LogP contribution in [-0.4, -0.2) is 10.7 Å². The number of hydrogen-bond donors (Lipinski definition) is 1. The van der Waals surface area contributed by atoms with Crippen LogP contribution in [-0.2, 0) is 15.4 Å². The maximum absolute atomic E-state index is 9.74. The van der Waals surface area contributed by atoms with E-state index in [0.717, 1.165) is 0 Å². The number of hydrogen-bond acceptors (Lipinski definition) is 3. The highest BCUT2D eigenvalue weighted by Crippen LogP contribution is 2.32. The Morgan fingerprint density at radius 1 is 0.938 bits per heavy atom. The normalized spacial score (nSPS) is 12.8.